The molecule has 0 amide bonds. The molecule has 1 N–H and O–H groups in total. The predicted molar refractivity (Wildman–Crippen MR) is 80.6 cm³/mol. The Morgan fingerprint density at radius 3 is 2.37 bits per heavy atom. The highest BCUT2D eigenvalue weighted by atomic mass is 79.9. The van der Waals surface area contributed by atoms with Gasteiger partial charge in [0.15, 0.2) is 0 Å². The first-order valence-corrected chi connectivity index (χ1v) is 7.06. The van der Waals surface area contributed by atoms with E-state index in [1.54, 1.807) is 6.07 Å². The summed E-state index contributed by atoms with van der Waals surface area (Å²) in [5.41, 5.74) is 4.42. The molecule has 0 unspecified atom stereocenters. The number of nitrogens with one attached hydrogen (secondary N) is 1. The lowest BCUT2D eigenvalue weighted by Crippen LogP contribution is -2.14. The van der Waals surface area contributed by atoms with Gasteiger partial charge >= 0.3 is 0 Å². The standard InChI is InChI=1S/C16H17BrFN/c1-11-5-12(2)7-13(6-11)9-19-10-14-8-15(17)3-4-16(14)18/h3-8,19H,9-10H2,1-2H3. The number of hydrogen-bond donors (Lipinski definition) is 1. The second-order valence-electron chi connectivity index (χ2n) is 4.84. The van der Waals surface area contributed by atoms with E-state index in [-0.39, 0.29) is 5.82 Å². The van der Waals surface area contributed by atoms with Crippen LogP contribution in [0.25, 0.3) is 0 Å². The quantitative estimate of drug-likeness (QED) is 0.874. The van der Waals surface area contributed by atoms with Gasteiger partial charge in [0.2, 0.25) is 0 Å². The van der Waals surface area contributed by atoms with Crippen LogP contribution in [0, 0.1) is 19.7 Å². The lowest BCUT2D eigenvalue weighted by Gasteiger charge is -2.08. The zero-order chi connectivity index (χ0) is 13.8. The monoisotopic (exact) mass is 321 g/mol. The van der Waals surface area contributed by atoms with Crippen molar-refractivity contribution in [3.05, 3.63) is 68.9 Å². The molecule has 100 valence electrons. The maximum atomic E-state index is 13.6. The third-order valence-corrected chi connectivity index (χ3v) is 3.43. The number of rotatable bonds is 4. The van der Waals surface area contributed by atoms with E-state index in [1.807, 2.05) is 6.07 Å². The number of halogens is 2. The fourth-order valence-electron chi connectivity index (χ4n) is 2.19. The zero-order valence-corrected chi connectivity index (χ0v) is 12.7. The zero-order valence-electron chi connectivity index (χ0n) is 11.1. The highest BCUT2D eigenvalue weighted by Crippen LogP contribution is 2.15. The maximum Gasteiger partial charge on any atom is 0.127 e. The maximum absolute atomic E-state index is 13.6. The van der Waals surface area contributed by atoms with E-state index in [1.165, 1.54) is 22.8 Å². The molecule has 0 aliphatic heterocycles. The molecule has 2 aromatic rings. The van der Waals surface area contributed by atoms with Gasteiger partial charge in [0.1, 0.15) is 5.82 Å². The molecule has 0 bridgehead atoms. The minimum atomic E-state index is -0.170. The van der Waals surface area contributed by atoms with Crippen molar-refractivity contribution in [2.24, 2.45) is 0 Å². The van der Waals surface area contributed by atoms with Gasteiger partial charge in [-0.1, -0.05) is 45.3 Å². The summed E-state index contributed by atoms with van der Waals surface area (Å²) < 4.78 is 14.5. The lowest BCUT2D eigenvalue weighted by atomic mass is 10.1. The van der Waals surface area contributed by atoms with Crippen molar-refractivity contribution in [1.82, 2.24) is 5.32 Å². The van der Waals surface area contributed by atoms with Crippen molar-refractivity contribution in [3.63, 3.8) is 0 Å². The van der Waals surface area contributed by atoms with Gasteiger partial charge < -0.3 is 5.32 Å². The molecule has 0 saturated heterocycles. The first kappa shape index (κ1) is 14.2. The molecule has 0 aliphatic carbocycles. The summed E-state index contributed by atoms with van der Waals surface area (Å²) in [6, 6.07) is 11.5. The predicted octanol–water partition coefficient (Wildman–Crippen LogP) is 4.49. The second kappa shape index (κ2) is 6.31. The van der Waals surface area contributed by atoms with Crippen LogP contribution in [0.2, 0.25) is 0 Å². The third kappa shape index (κ3) is 4.15. The third-order valence-electron chi connectivity index (χ3n) is 2.93. The summed E-state index contributed by atoms with van der Waals surface area (Å²) in [4.78, 5) is 0. The van der Waals surface area contributed by atoms with Crippen LogP contribution in [0.15, 0.2) is 40.9 Å². The number of benzene rings is 2. The van der Waals surface area contributed by atoms with Crippen LogP contribution in [-0.2, 0) is 13.1 Å². The van der Waals surface area contributed by atoms with E-state index in [2.05, 4.69) is 53.3 Å². The number of hydrogen-bond acceptors (Lipinski definition) is 1. The van der Waals surface area contributed by atoms with Gasteiger partial charge in [-0.15, -0.1) is 0 Å². The van der Waals surface area contributed by atoms with Gasteiger partial charge in [0.25, 0.3) is 0 Å². The van der Waals surface area contributed by atoms with Crippen LogP contribution in [-0.4, -0.2) is 0 Å². The van der Waals surface area contributed by atoms with Gasteiger partial charge in [-0.25, -0.2) is 4.39 Å². The molecule has 0 heterocycles. The molecule has 0 aliphatic rings. The average Bonchev–Trinajstić information content (AvgIpc) is 2.32. The Labute approximate surface area is 122 Å². The van der Waals surface area contributed by atoms with Crippen molar-refractivity contribution >= 4 is 15.9 Å². The fourth-order valence-corrected chi connectivity index (χ4v) is 2.60. The van der Waals surface area contributed by atoms with Crippen LogP contribution in [0.1, 0.15) is 22.3 Å². The van der Waals surface area contributed by atoms with Crippen molar-refractivity contribution < 1.29 is 4.39 Å². The molecular formula is C16H17BrFN. The molecule has 19 heavy (non-hydrogen) atoms. The molecule has 1 nitrogen and oxygen atoms in total. The summed E-state index contributed by atoms with van der Waals surface area (Å²) >= 11 is 3.36. The summed E-state index contributed by atoms with van der Waals surface area (Å²) in [6.07, 6.45) is 0. The van der Waals surface area contributed by atoms with Crippen LogP contribution < -0.4 is 5.32 Å². The van der Waals surface area contributed by atoms with Crippen molar-refractivity contribution in [2.75, 3.05) is 0 Å². The van der Waals surface area contributed by atoms with E-state index in [4.69, 9.17) is 0 Å². The van der Waals surface area contributed by atoms with E-state index in [0.717, 1.165) is 11.0 Å². The Morgan fingerprint density at radius 1 is 1.00 bits per heavy atom. The van der Waals surface area contributed by atoms with Gasteiger partial charge in [0, 0.05) is 23.1 Å². The van der Waals surface area contributed by atoms with Crippen LogP contribution in [0.5, 0.6) is 0 Å². The Balaban J connectivity index is 1.98. The molecule has 0 fully saturated rings. The Morgan fingerprint density at radius 2 is 1.68 bits per heavy atom. The topological polar surface area (TPSA) is 12.0 Å². The number of aryl methyl sites for hydroxylation is 2. The molecule has 0 saturated carbocycles. The Hall–Kier alpha value is -1.19. The molecule has 2 rings (SSSR count). The first-order valence-electron chi connectivity index (χ1n) is 6.26. The first-order chi connectivity index (χ1) is 9.04. The van der Waals surface area contributed by atoms with Crippen LogP contribution in [0.4, 0.5) is 4.39 Å². The fraction of sp³-hybridized carbons (Fsp3) is 0.250. The smallest absolute Gasteiger partial charge is 0.127 e. The van der Waals surface area contributed by atoms with Crippen molar-refractivity contribution in [2.45, 2.75) is 26.9 Å². The molecule has 0 radical (unpaired) electrons. The summed E-state index contributed by atoms with van der Waals surface area (Å²) in [6.45, 7) is 5.45. The average molecular weight is 322 g/mol. The van der Waals surface area contributed by atoms with Gasteiger partial charge in [-0.05, 0) is 37.6 Å². The Kier molecular flexibility index (Phi) is 4.72. The highest BCUT2D eigenvalue weighted by molar-refractivity contribution is 9.10. The molecule has 2 aromatic carbocycles. The van der Waals surface area contributed by atoms with Gasteiger partial charge in [-0.2, -0.15) is 0 Å². The molecule has 0 aromatic heterocycles. The normalized spacial score (nSPS) is 10.7. The van der Waals surface area contributed by atoms with Crippen LogP contribution >= 0.6 is 15.9 Å². The summed E-state index contributed by atoms with van der Waals surface area (Å²) in [7, 11) is 0. The van der Waals surface area contributed by atoms with E-state index < -0.39 is 0 Å². The summed E-state index contributed by atoms with van der Waals surface area (Å²) in [5, 5.41) is 3.28. The van der Waals surface area contributed by atoms with Crippen molar-refractivity contribution in [1.29, 1.82) is 0 Å². The Bertz CT molecular complexity index is 561. The highest BCUT2D eigenvalue weighted by Gasteiger charge is 2.03. The van der Waals surface area contributed by atoms with Gasteiger partial charge in [0.05, 0.1) is 0 Å². The van der Waals surface area contributed by atoms with Gasteiger partial charge in [-0.3, -0.25) is 0 Å². The second-order valence-corrected chi connectivity index (χ2v) is 5.75. The SMILES string of the molecule is Cc1cc(C)cc(CNCc2cc(Br)ccc2F)c1. The minimum Gasteiger partial charge on any atom is -0.309 e. The molecule has 0 atom stereocenters. The van der Waals surface area contributed by atoms with Crippen LogP contribution in [0.3, 0.4) is 0 Å². The van der Waals surface area contributed by atoms with E-state index in [0.29, 0.717) is 12.1 Å². The molecule has 3 heteroatoms. The van der Waals surface area contributed by atoms with E-state index >= 15 is 0 Å². The van der Waals surface area contributed by atoms with Crippen molar-refractivity contribution in [3.8, 4) is 0 Å². The molecule has 0 spiro atoms. The molecular weight excluding hydrogens is 305 g/mol. The van der Waals surface area contributed by atoms with E-state index in [9.17, 15) is 4.39 Å². The largest absolute Gasteiger partial charge is 0.309 e. The lowest BCUT2D eigenvalue weighted by molar-refractivity contribution is 0.587. The summed E-state index contributed by atoms with van der Waals surface area (Å²) in [5.74, 6) is -0.170. The minimum absolute atomic E-state index is 0.170.